The molecule has 0 radical (unpaired) electrons. The third-order valence-corrected chi connectivity index (χ3v) is 6.14. The summed E-state index contributed by atoms with van der Waals surface area (Å²) in [6.45, 7) is 5.01. The summed E-state index contributed by atoms with van der Waals surface area (Å²) in [6, 6.07) is 16.9. The molecular weight excluding hydrogens is 456 g/mol. The highest BCUT2D eigenvalue weighted by Crippen LogP contribution is 2.41. The van der Waals surface area contributed by atoms with E-state index in [1.54, 1.807) is 55.9 Å². The number of amides is 1. The van der Waals surface area contributed by atoms with Gasteiger partial charge in [-0.1, -0.05) is 26.0 Å². The molecule has 3 aromatic rings. The number of benzene rings is 2. The molecule has 1 fully saturated rings. The van der Waals surface area contributed by atoms with Crippen LogP contribution in [0.25, 0.3) is 5.76 Å². The van der Waals surface area contributed by atoms with Gasteiger partial charge in [-0.25, -0.2) is 0 Å². The molecule has 2 aromatic carbocycles. The summed E-state index contributed by atoms with van der Waals surface area (Å²) in [5.74, 6) is 0.139. The van der Waals surface area contributed by atoms with Gasteiger partial charge < -0.3 is 19.5 Å². The first-order valence-electron chi connectivity index (χ1n) is 11.9. The van der Waals surface area contributed by atoms with E-state index in [4.69, 9.17) is 9.47 Å². The normalized spacial score (nSPS) is 17.0. The van der Waals surface area contributed by atoms with E-state index >= 15 is 0 Å². The second-order valence-electron chi connectivity index (χ2n) is 9.11. The molecule has 0 bridgehead atoms. The minimum Gasteiger partial charge on any atom is -0.507 e. The first-order chi connectivity index (χ1) is 17.4. The van der Waals surface area contributed by atoms with Gasteiger partial charge >= 0.3 is 0 Å². The van der Waals surface area contributed by atoms with Gasteiger partial charge in [-0.3, -0.25) is 14.6 Å². The van der Waals surface area contributed by atoms with Crippen molar-refractivity contribution in [2.24, 2.45) is 5.92 Å². The highest BCUT2D eigenvalue weighted by Gasteiger charge is 2.46. The smallest absolute Gasteiger partial charge is 0.295 e. The number of carbonyl (C=O) groups is 2. The number of rotatable bonds is 9. The van der Waals surface area contributed by atoms with E-state index in [1.807, 2.05) is 24.3 Å². The fraction of sp³-hybridized carbons (Fsp3) is 0.276. The van der Waals surface area contributed by atoms with Crippen LogP contribution < -0.4 is 9.47 Å². The highest BCUT2D eigenvalue weighted by atomic mass is 16.5. The quantitative estimate of drug-likeness (QED) is 0.256. The van der Waals surface area contributed by atoms with E-state index < -0.39 is 17.7 Å². The van der Waals surface area contributed by atoms with Gasteiger partial charge in [0.2, 0.25) is 0 Å². The van der Waals surface area contributed by atoms with Crippen LogP contribution in [0.2, 0.25) is 0 Å². The fourth-order valence-electron chi connectivity index (χ4n) is 4.17. The summed E-state index contributed by atoms with van der Waals surface area (Å²) < 4.78 is 11.1. The molecule has 1 aliphatic rings. The number of aromatic nitrogens is 1. The molecule has 7 heteroatoms. The number of hydrogen-bond donors (Lipinski definition) is 1. The number of ether oxygens (including phenoxy) is 2. The van der Waals surface area contributed by atoms with E-state index in [2.05, 4.69) is 18.8 Å². The van der Waals surface area contributed by atoms with Gasteiger partial charge in [0.15, 0.2) is 0 Å². The SMILES string of the molecule is COc1ccc(C(O)=C2C(=O)C(=O)N(Cc3ccncc3)C2c2cccc(OCCC(C)C)c2)cc1. The Bertz CT molecular complexity index is 1250. The lowest BCUT2D eigenvalue weighted by Crippen LogP contribution is -2.29. The molecule has 1 atom stereocenters. The standard InChI is InChI=1S/C29H30N2O5/c1-19(2)13-16-36-24-6-4-5-22(17-24)26-25(27(32)21-7-9-23(35-3)10-8-21)28(33)29(34)31(26)18-20-11-14-30-15-12-20/h4-12,14-15,17,19,26,32H,13,16,18H2,1-3H3. The zero-order chi connectivity index (χ0) is 25.7. The molecule has 7 nitrogen and oxygen atoms in total. The van der Waals surface area contributed by atoms with Gasteiger partial charge in [-0.2, -0.15) is 0 Å². The Kier molecular flexibility index (Phi) is 7.68. The van der Waals surface area contributed by atoms with E-state index in [-0.39, 0.29) is 17.9 Å². The maximum Gasteiger partial charge on any atom is 0.295 e. The van der Waals surface area contributed by atoms with Gasteiger partial charge in [0, 0.05) is 24.5 Å². The summed E-state index contributed by atoms with van der Waals surface area (Å²) in [6.07, 6.45) is 4.19. The Labute approximate surface area is 211 Å². The number of pyridine rings is 1. The molecule has 1 N–H and O–H groups in total. The molecule has 36 heavy (non-hydrogen) atoms. The average molecular weight is 487 g/mol. The molecule has 1 aliphatic heterocycles. The molecule has 0 aliphatic carbocycles. The number of ketones is 1. The second-order valence-corrected chi connectivity index (χ2v) is 9.11. The minimum atomic E-state index is -0.783. The van der Waals surface area contributed by atoms with Crippen LogP contribution in [0.3, 0.4) is 0 Å². The number of carbonyl (C=O) groups excluding carboxylic acids is 2. The van der Waals surface area contributed by atoms with Crippen LogP contribution in [0.5, 0.6) is 11.5 Å². The lowest BCUT2D eigenvalue weighted by molar-refractivity contribution is -0.140. The van der Waals surface area contributed by atoms with Crippen LogP contribution in [-0.2, 0) is 16.1 Å². The third-order valence-electron chi connectivity index (χ3n) is 6.14. The molecule has 0 spiro atoms. The molecule has 1 saturated heterocycles. The molecular formula is C29H30N2O5. The zero-order valence-corrected chi connectivity index (χ0v) is 20.7. The van der Waals surface area contributed by atoms with Crippen LogP contribution in [0.4, 0.5) is 0 Å². The van der Waals surface area contributed by atoms with Gasteiger partial charge in [-0.05, 0) is 72.0 Å². The van der Waals surface area contributed by atoms with Crippen LogP contribution in [0, 0.1) is 5.92 Å². The monoisotopic (exact) mass is 486 g/mol. The van der Waals surface area contributed by atoms with Crippen molar-refractivity contribution < 1.29 is 24.2 Å². The molecule has 2 heterocycles. The van der Waals surface area contributed by atoms with E-state index in [9.17, 15) is 14.7 Å². The summed E-state index contributed by atoms with van der Waals surface area (Å²) in [5, 5.41) is 11.3. The number of methoxy groups -OCH3 is 1. The number of nitrogens with zero attached hydrogens (tertiary/aromatic N) is 2. The maximum atomic E-state index is 13.3. The number of aliphatic hydroxyl groups is 1. The van der Waals surface area contributed by atoms with Crippen molar-refractivity contribution in [1.29, 1.82) is 0 Å². The van der Waals surface area contributed by atoms with Crippen molar-refractivity contribution in [3.8, 4) is 11.5 Å². The minimum absolute atomic E-state index is 0.0403. The maximum absolute atomic E-state index is 13.3. The van der Waals surface area contributed by atoms with Gasteiger partial charge in [0.05, 0.1) is 25.3 Å². The Morgan fingerprint density at radius 1 is 1.03 bits per heavy atom. The fourth-order valence-corrected chi connectivity index (χ4v) is 4.17. The van der Waals surface area contributed by atoms with Crippen LogP contribution in [0.1, 0.15) is 43.0 Å². The lowest BCUT2D eigenvalue weighted by atomic mass is 9.95. The molecule has 186 valence electrons. The van der Waals surface area contributed by atoms with Crippen molar-refractivity contribution >= 4 is 17.4 Å². The van der Waals surface area contributed by atoms with Crippen molar-refractivity contribution in [2.75, 3.05) is 13.7 Å². The molecule has 0 saturated carbocycles. The van der Waals surface area contributed by atoms with Gasteiger partial charge in [0.25, 0.3) is 11.7 Å². The zero-order valence-electron chi connectivity index (χ0n) is 20.7. The first kappa shape index (κ1) is 25.0. The molecule has 1 unspecified atom stereocenters. The number of aliphatic hydroxyl groups excluding tert-OH is 1. The summed E-state index contributed by atoms with van der Waals surface area (Å²) in [7, 11) is 1.55. The topological polar surface area (TPSA) is 89.0 Å². The van der Waals surface area contributed by atoms with Crippen molar-refractivity contribution in [2.45, 2.75) is 32.9 Å². The van der Waals surface area contributed by atoms with Crippen LogP contribution >= 0.6 is 0 Å². The van der Waals surface area contributed by atoms with E-state index in [0.29, 0.717) is 35.2 Å². The first-order valence-corrected chi connectivity index (χ1v) is 11.9. The molecule has 4 rings (SSSR count). The molecule has 1 amide bonds. The lowest BCUT2D eigenvalue weighted by Gasteiger charge is -2.26. The van der Waals surface area contributed by atoms with Gasteiger partial charge in [-0.15, -0.1) is 0 Å². The van der Waals surface area contributed by atoms with Crippen molar-refractivity contribution in [3.63, 3.8) is 0 Å². The van der Waals surface area contributed by atoms with E-state index in [1.165, 1.54) is 4.90 Å². The number of hydrogen-bond acceptors (Lipinski definition) is 6. The van der Waals surface area contributed by atoms with Crippen LogP contribution in [0.15, 0.2) is 78.6 Å². The molecule has 1 aromatic heterocycles. The Morgan fingerprint density at radius 3 is 2.42 bits per heavy atom. The van der Waals surface area contributed by atoms with Crippen molar-refractivity contribution in [3.05, 3.63) is 95.3 Å². The van der Waals surface area contributed by atoms with Crippen molar-refractivity contribution in [1.82, 2.24) is 9.88 Å². The number of Topliss-reactive ketones (excluding diaryl/α,β-unsaturated/α-hetero) is 1. The Hall–Kier alpha value is -4.13. The van der Waals surface area contributed by atoms with E-state index in [0.717, 1.165) is 12.0 Å². The summed E-state index contributed by atoms with van der Waals surface area (Å²) in [4.78, 5) is 32.0. The van der Waals surface area contributed by atoms with Gasteiger partial charge in [0.1, 0.15) is 17.3 Å². The Balaban J connectivity index is 1.78. The average Bonchev–Trinajstić information content (AvgIpc) is 3.14. The Morgan fingerprint density at radius 2 is 1.75 bits per heavy atom. The van der Waals surface area contributed by atoms with Crippen LogP contribution in [-0.4, -0.2) is 40.4 Å². The number of likely N-dealkylation sites (tertiary alicyclic amines) is 1. The summed E-state index contributed by atoms with van der Waals surface area (Å²) >= 11 is 0. The largest absolute Gasteiger partial charge is 0.507 e. The summed E-state index contributed by atoms with van der Waals surface area (Å²) in [5.41, 5.74) is 1.97. The highest BCUT2D eigenvalue weighted by molar-refractivity contribution is 6.46. The second kappa shape index (κ2) is 11.1. The predicted molar refractivity (Wildman–Crippen MR) is 136 cm³/mol. The predicted octanol–water partition coefficient (Wildman–Crippen LogP) is 5.14. The third kappa shape index (κ3) is 5.40.